The number of anilines is 1. The molecule has 17 heavy (non-hydrogen) atoms. The summed E-state index contributed by atoms with van der Waals surface area (Å²) in [5.41, 5.74) is 5.92. The predicted octanol–water partition coefficient (Wildman–Crippen LogP) is -0.135. The highest BCUT2D eigenvalue weighted by Crippen LogP contribution is 2.12. The standard InChI is InChI=1S/C9H11N5O2S/c10-7-2-1-3-8(4-7)17(15,16)13-5-9-11-6-12-14-9/h1-4,6,13H,5,10H2,(H,11,12,14). The number of hydrogen-bond acceptors (Lipinski definition) is 5. The van der Waals surface area contributed by atoms with E-state index in [1.165, 1.54) is 18.5 Å². The van der Waals surface area contributed by atoms with E-state index in [1.54, 1.807) is 12.1 Å². The van der Waals surface area contributed by atoms with E-state index in [0.717, 1.165) is 0 Å². The first kappa shape index (κ1) is 11.6. The number of rotatable bonds is 4. The van der Waals surface area contributed by atoms with E-state index in [4.69, 9.17) is 5.73 Å². The summed E-state index contributed by atoms with van der Waals surface area (Å²) in [7, 11) is -3.58. The second-order valence-corrected chi connectivity index (χ2v) is 5.10. The molecule has 1 aromatic heterocycles. The molecule has 0 saturated carbocycles. The minimum absolute atomic E-state index is 0.0527. The molecule has 1 heterocycles. The number of nitrogens with two attached hydrogens (primary N) is 1. The van der Waals surface area contributed by atoms with Crippen molar-refractivity contribution in [2.24, 2.45) is 0 Å². The Hall–Kier alpha value is -1.93. The van der Waals surface area contributed by atoms with E-state index in [0.29, 0.717) is 11.5 Å². The third kappa shape index (κ3) is 2.80. The molecule has 2 aromatic rings. The fraction of sp³-hybridized carbons (Fsp3) is 0.111. The van der Waals surface area contributed by atoms with Crippen molar-refractivity contribution >= 4 is 15.7 Å². The van der Waals surface area contributed by atoms with Crippen molar-refractivity contribution < 1.29 is 8.42 Å². The van der Waals surface area contributed by atoms with Crippen LogP contribution in [0.2, 0.25) is 0 Å². The van der Waals surface area contributed by atoms with Crippen LogP contribution in [0.15, 0.2) is 35.5 Å². The third-order valence-electron chi connectivity index (χ3n) is 2.06. The van der Waals surface area contributed by atoms with Gasteiger partial charge in [0.1, 0.15) is 12.2 Å². The minimum Gasteiger partial charge on any atom is -0.399 e. The normalized spacial score (nSPS) is 11.5. The molecule has 0 aliphatic heterocycles. The van der Waals surface area contributed by atoms with Crippen LogP contribution in [-0.4, -0.2) is 23.6 Å². The first-order valence-corrected chi connectivity index (χ1v) is 6.26. The summed E-state index contributed by atoms with van der Waals surface area (Å²) >= 11 is 0. The molecule has 2 rings (SSSR count). The summed E-state index contributed by atoms with van der Waals surface area (Å²) < 4.78 is 26.1. The monoisotopic (exact) mass is 253 g/mol. The van der Waals surface area contributed by atoms with Crippen LogP contribution in [0.1, 0.15) is 5.82 Å². The van der Waals surface area contributed by atoms with Gasteiger partial charge in [0.05, 0.1) is 11.4 Å². The Bertz CT molecular complexity index is 594. The quantitative estimate of drug-likeness (QED) is 0.656. The molecule has 0 amide bonds. The highest BCUT2D eigenvalue weighted by molar-refractivity contribution is 7.89. The largest absolute Gasteiger partial charge is 0.399 e. The average molecular weight is 253 g/mol. The van der Waals surface area contributed by atoms with Crippen LogP contribution in [0.5, 0.6) is 0 Å². The Labute approximate surface area is 98.1 Å². The molecule has 0 saturated heterocycles. The molecule has 4 N–H and O–H groups in total. The molecular weight excluding hydrogens is 242 g/mol. The smallest absolute Gasteiger partial charge is 0.241 e. The SMILES string of the molecule is Nc1cccc(S(=O)(=O)NCc2ncn[nH]2)c1. The van der Waals surface area contributed by atoms with Gasteiger partial charge in [0.15, 0.2) is 0 Å². The van der Waals surface area contributed by atoms with Gasteiger partial charge >= 0.3 is 0 Å². The van der Waals surface area contributed by atoms with Gasteiger partial charge in [-0.1, -0.05) is 6.07 Å². The number of aromatic amines is 1. The van der Waals surface area contributed by atoms with Crippen LogP contribution in [0.4, 0.5) is 5.69 Å². The van der Waals surface area contributed by atoms with Crippen LogP contribution >= 0.6 is 0 Å². The molecule has 0 aliphatic rings. The number of nitrogens with zero attached hydrogens (tertiary/aromatic N) is 2. The maximum Gasteiger partial charge on any atom is 0.241 e. The number of hydrogen-bond donors (Lipinski definition) is 3. The zero-order valence-corrected chi connectivity index (χ0v) is 9.61. The lowest BCUT2D eigenvalue weighted by Gasteiger charge is -2.05. The Morgan fingerprint density at radius 2 is 2.24 bits per heavy atom. The van der Waals surface area contributed by atoms with Crippen LogP contribution in [-0.2, 0) is 16.6 Å². The van der Waals surface area contributed by atoms with Crippen molar-refractivity contribution in [3.63, 3.8) is 0 Å². The van der Waals surface area contributed by atoms with E-state index < -0.39 is 10.0 Å². The van der Waals surface area contributed by atoms with Gasteiger partial charge in [-0.15, -0.1) is 0 Å². The second-order valence-electron chi connectivity index (χ2n) is 3.33. The number of benzene rings is 1. The zero-order valence-electron chi connectivity index (χ0n) is 8.79. The van der Waals surface area contributed by atoms with Gasteiger partial charge in [-0.25, -0.2) is 18.1 Å². The number of aromatic nitrogens is 3. The van der Waals surface area contributed by atoms with Gasteiger partial charge in [0.2, 0.25) is 10.0 Å². The first-order valence-electron chi connectivity index (χ1n) is 4.77. The lowest BCUT2D eigenvalue weighted by molar-refractivity contribution is 0.579. The summed E-state index contributed by atoms with van der Waals surface area (Å²) in [5.74, 6) is 0.442. The van der Waals surface area contributed by atoms with Gasteiger partial charge in [-0.05, 0) is 18.2 Å². The van der Waals surface area contributed by atoms with Gasteiger partial charge in [-0.2, -0.15) is 5.10 Å². The molecular formula is C9H11N5O2S. The molecule has 0 fully saturated rings. The minimum atomic E-state index is -3.58. The first-order chi connectivity index (χ1) is 8.08. The fourth-order valence-electron chi connectivity index (χ4n) is 1.24. The van der Waals surface area contributed by atoms with E-state index in [-0.39, 0.29) is 11.4 Å². The summed E-state index contributed by atoms with van der Waals surface area (Å²) in [6.07, 6.45) is 1.31. The van der Waals surface area contributed by atoms with Crippen molar-refractivity contribution in [2.75, 3.05) is 5.73 Å². The lowest BCUT2D eigenvalue weighted by atomic mass is 10.3. The molecule has 90 valence electrons. The fourth-order valence-corrected chi connectivity index (χ4v) is 2.29. The molecule has 7 nitrogen and oxygen atoms in total. The van der Waals surface area contributed by atoms with Crippen LogP contribution < -0.4 is 10.5 Å². The Morgan fingerprint density at radius 1 is 1.41 bits per heavy atom. The van der Waals surface area contributed by atoms with Gasteiger partial charge in [-0.3, -0.25) is 5.10 Å². The van der Waals surface area contributed by atoms with Crippen molar-refractivity contribution in [1.82, 2.24) is 19.9 Å². The molecule has 0 aliphatic carbocycles. The third-order valence-corrected chi connectivity index (χ3v) is 3.46. The van der Waals surface area contributed by atoms with Crippen molar-refractivity contribution in [2.45, 2.75) is 11.4 Å². The van der Waals surface area contributed by atoms with E-state index in [2.05, 4.69) is 19.9 Å². The van der Waals surface area contributed by atoms with Crippen molar-refractivity contribution in [3.8, 4) is 0 Å². The van der Waals surface area contributed by atoms with Crippen molar-refractivity contribution in [3.05, 3.63) is 36.4 Å². The number of sulfonamides is 1. The Morgan fingerprint density at radius 3 is 2.88 bits per heavy atom. The van der Waals surface area contributed by atoms with Crippen LogP contribution in [0.25, 0.3) is 0 Å². The van der Waals surface area contributed by atoms with Crippen LogP contribution in [0, 0.1) is 0 Å². The molecule has 0 bridgehead atoms. The molecule has 8 heteroatoms. The Balaban J connectivity index is 2.14. The summed E-state index contributed by atoms with van der Waals surface area (Å²) in [5, 5.41) is 6.18. The number of nitrogens with one attached hydrogen (secondary N) is 2. The number of H-pyrrole nitrogens is 1. The Kier molecular flexibility index (Phi) is 3.07. The maximum atomic E-state index is 11.9. The zero-order chi connectivity index (χ0) is 12.3. The molecule has 0 unspecified atom stereocenters. The topological polar surface area (TPSA) is 114 Å². The highest BCUT2D eigenvalue weighted by Gasteiger charge is 2.14. The molecule has 0 atom stereocenters. The van der Waals surface area contributed by atoms with Crippen molar-refractivity contribution in [1.29, 1.82) is 0 Å². The van der Waals surface area contributed by atoms with Gasteiger partial charge in [0.25, 0.3) is 0 Å². The van der Waals surface area contributed by atoms with E-state index >= 15 is 0 Å². The van der Waals surface area contributed by atoms with Crippen LogP contribution in [0.3, 0.4) is 0 Å². The summed E-state index contributed by atoms with van der Waals surface area (Å²) in [6, 6.07) is 6.07. The van der Waals surface area contributed by atoms with E-state index in [1.807, 2.05) is 0 Å². The van der Waals surface area contributed by atoms with Gasteiger partial charge < -0.3 is 5.73 Å². The highest BCUT2D eigenvalue weighted by atomic mass is 32.2. The second kappa shape index (κ2) is 4.52. The average Bonchev–Trinajstić information content (AvgIpc) is 2.79. The lowest BCUT2D eigenvalue weighted by Crippen LogP contribution is -2.23. The molecule has 0 radical (unpaired) electrons. The summed E-state index contributed by atoms with van der Waals surface area (Å²) in [6.45, 7) is 0.0527. The van der Waals surface area contributed by atoms with Gasteiger partial charge in [0, 0.05) is 5.69 Å². The maximum absolute atomic E-state index is 11.9. The number of nitrogen functional groups attached to an aromatic ring is 1. The van der Waals surface area contributed by atoms with E-state index in [9.17, 15) is 8.42 Å². The summed E-state index contributed by atoms with van der Waals surface area (Å²) in [4.78, 5) is 3.93. The predicted molar refractivity (Wildman–Crippen MR) is 61.3 cm³/mol. The molecule has 1 aromatic carbocycles. The molecule has 0 spiro atoms.